The van der Waals surface area contributed by atoms with Crippen LogP contribution in [0.3, 0.4) is 0 Å². The number of fused-ring (bicyclic) bond motifs is 1. The van der Waals surface area contributed by atoms with Crippen LogP contribution in [0.2, 0.25) is 0 Å². The number of hydrogen-bond acceptors (Lipinski definition) is 5. The van der Waals surface area contributed by atoms with Crippen molar-refractivity contribution in [1.29, 1.82) is 0 Å². The lowest BCUT2D eigenvalue weighted by Gasteiger charge is -2.17. The van der Waals surface area contributed by atoms with Gasteiger partial charge in [-0.25, -0.2) is 4.39 Å². The van der Waals surface area contributed by atoms with Crippen molar-refractivity contribution in [3.63, 3.8) is 0 Å². The SMILES string of the molecule is CC(C)(C)C(=O)OC[C@@H]1CSC(c2cc3cc(F)cc(N)c3[nH]2)=N1. The maximum Gasteiger partial charge on any atom is 0.311 e. The summed E-state index contributed by atoms with van der Waals surface area (Å²) in [4.78, 5) is 19.6. The minimum absolute atomic E-state index is 0.0724. The van der Waals surface area contributed by atoms with Crippen LogP contribution in [-0.2, 0) is 9.53 Å². The summed E-state index contributed by atoms with van der Waals surface area (Å²) < 4.78 is 18.8. The summed E-state index contributed by atoms with van der Waals surface area (Å²) in [6.07, 6.45) is 0. The topological polar surface area (TPSA) is 80.5 Å². The molecule has 3 N–H and O–H groups in total. The Morgan fingerprint density at radius 1 is 1.46 bits per heavy atom. The first kappa shape index (κ1) is 16.8. The molecule has 24 heavy (non-hydrogen) atoms. The molecule has 1 aliphatic heterocycles. The van der Waals surface area contributed by atoms with E-state index < -0.39 is 5.41 Å². The number of ether oxygens (including phenoxy) is 1. The molecule has 0 bridgehead atoms. The Labute approximate surface area is 143 Å². The van der Waals surface area contributed by atoms with E-state index in [4.69, 9.17) is 10.5 Å². The summed E-state index contributed by atoms with van der Waals surface area (Å²) in [6.45, 7) is 5.73. The highest BCUT2D eigenvalue weighted by Gasteiger charge is 2.26. The van der Waals surface area contributed by atoms with Gasteiger partial charge in [-0.05, 0) is 39.0 Å². The number of hydrogen-bond donors (Lipinski definition) is 2. The number of anilines is 1. The first-order valence-corrected chi connectivity index (χ1v) is 8.68. The quantitative estimate of drug-likeness (QED) is 0.658. The Morgan fingerprint density at radius 3 is 2.92 bits per heavy atom. The van der Waals surface area contributed by atoms with Crippen LogP contribution in [0.15, 0.2) is 23.2 Å². The van der Waals surface area contributed by atoms with E-state index in [1.165, 1.54) is 12.1 Å². The van der Waals surface area contributed by atoms with Crippen molar-refractivity contribution in [2.45, 2.75) is 26.8 Å². The third kappa shape index (κ3) is 3.40. The molecule has 0 spiro atoms. The van der Waals surface area contributed by atoms with E-state index in [0.717, 1.165) is 16.5 Å². The normalized spacial score (nSPS) is 18.0. The second kappa shape index (κ2) is 6.12. The van der Waals surface area contributed by atoms with Gasteiger partial charge in [0, 0.05) is 11.1 Å². The fourth-order valence-corrected chi connectivity index (χ4v) is 3.40. The summed E-state index contributed by atoms with van der Waals surface area (Å²) in [6, 6.07) is 4.50. The molecular weight excluding hydrogens is 329 g/mol. The van der Waals surface area contributed by atoms with Crippen molar-refractivity contribution >= 4 is 39.4 Å². The largest absolute Gasteiger partial charge is 0.463 e. The van der Waals surface area contributed by atoms with Crippen LogP contribution in [0.25, 0.3) is 10.9 Å². The minimum atomic E-state index is -0.517. The number of carbonyl (C=O) groups excluding carboxylic acids is 1. The lowest BCUT2D eigenvalue weighted by molar-refractivity contribution is -0.153. The average Bonchev–Trinajstić information content (AvgIpc) is 3.09. The molecule has 128 valence electrons. The number of halogens is 1. The number of nitrogens with one attached hydrogen (secondary N) is 1. The van der Waals surface area contributed by atoms with E-state index in [1.54, 1.807) is 11.8 Å². The monoisotopic (exact) mass is 349 g/mol. The molecule has 0 fully saturated rings. The standard InChI is InChI=1S/C17H20FN3O2S/c1-17(2,3)16(22)23-7-11-8-24-15(20-11)13-5-9-4-10(18)6-12(19)14(9)21-13/h4-6,11,21H,7-8,19H2,1-3H3/t11-/m1/s1. The van der Waals surface area contributed by atoms with Crippen molar-refractivity contribution in [2.24, 2.45) is 10.4 Å². The van der Waals surface area contributed by atoms with Gasteiger partial charge in [-0.15, -0.1) is 11.8 Å². The number of nitrogens with two attached hydrogens (primary N) is 1. The van der Waals surface area contributed by atoms with E-state index in [2.05, 4.69) is 9.98 Å². The van der Waals surface area contributed by atoms with Crippen molar-refractivity contribution in [3.8, 4) is 0 Å². The molecule has 0 radical (unpaired) electrons. The molecule has 2 heterocycles. The molecule has 2 aromatic rings. The fourth-order valence-electron chi connectivity index (χ4n) is 2.39. The predicted octanol–water partition coefficient (Wildman–Crippen LogP) is 3.34. The molecule has 0 saturated carbocycles. The zero-order valence-corrected chi connectivity index (χ0v) is 14.7. The van der Waals surface area contributed by atoms with Gasteiger partial charge in [0.2, 0.25) is 0 Å². The van der Waals surface area contributed by atoms with Crippen LogP contribution in [-0.4, -0.2) is 34.4 Å². The summed E-state index contributed by atoms with van der Waals surface area (Å²) in [5, 5.41) is 1.54. The summed E-state index contributed by atoms with van der Waals surface area (Å²) in [5.41, 5.74) is 7.21. The molecule has 0 amide bonds. The Morgan fingerprint density at radius 2 is 2.21 bits per heavy atom. The number of aliphatic imine (C=N–C) groups is 1. The number of esters is 1. The van der Waals surface area contributed by atoms with Gasteiger partial charge in [0.15, 0.2) is 0 Å². The zero-order valence-electron chi connectivity index (χ0n) is 13.9. The third-order valence-electron chi connectivity index (χ3n) is 3.69. The molecule has 5 nitrogen and oxygen atoms in total. The predicted molar refractivity (Wildman–Crippen MR) is 95.9 cm³/mol. The minimum Gasteiger partial charge on any atom is -0.463 e. The van der Waals surface area contributed by atoms with Crippen LogP contribution < -0.4 is 5.73 Å². The molecule has 1 aliphatic rings. The van der Waals surface area contributed by atoms with Gasteiger partial charge in [0.25, 0.3) is 0 Å². The van der Waals surface area contributed by atoms with Crippen LogP contribution in [0.1, 0.15) is 26.5 Å². The Bertz CT molecular complexity index is 823. The summed E-state index contributed by atoms with van der Waals surface area (Å²) in [7, 11) is 0. The Balaban J connectivity index is 1.74. The van der Waals surface area contributed by atoms with Crippen LogP contribution in [0.4, 0.5) is 10.1 Å². The van der Waals surface area contributed by atoms with E-state index >= 15 is 0 Å². The molecule has 3 rings (SSSR count). The second-order valence-electron chi connectivity index (χ2n) is 6.89. The first-order chi connectivity index (χ1) is 11.2. The summed E-state index contributed by atoms with van der Waals surface area (Å²) in [5.74, 6) is 0.148. The van der Waals surface area contributed by atoms with Crippen LogP contribution in [0.5, 0.6) is 0 Å². The number of thioether (sulfide) groups is 1. The first-order valence-electron chi connectivity index (χ1n) is 7.70. The van der Waals surface area contributed by atoms with Crippen molar-refractivity contribution in [3.05, 3.63) is 29.7 Å². The fraction of sp³-hybridized carbons (Fsp3) is 0.412. The van der Waals surface area contributed by atoms with Crippen molar-refractivity contribution in [2.75, 3.05) is 18.1 Å². The lowest BCUT2D eigenvalue weighted by atomic mass is 9.97. The highest BCUT2D eigenvalue weighted by molar-refractivity contribution is 8.14. The number of rotatable bonds is 3. The molecular formula is C17H20FN3O2S. The van der Waals surface area contributed by atoms with Gasteiger partial charge < -0.3 is 15.5 Å². The zero-order chi connectivity index (χ0) is 17.5. The molecule has 1 aromatic heterocycles. The maximum absolute atomic E-state index is 13.4. The number of aromatic amines is 1. The van der Waals surface area contributed by atoms with E-state index in [9.17, 15) is 9.18 Å². The van der Waals surface area contributed by atoms with Crippen LogP contribution >= 0.6 is 11.8 Å². The van der Waals surface area contributed by atoms with Gasteiger partial charge in [0.05, 0.1) is 28.4 Å². The maximum atomic E-state index is 13.4. The van der Waals surface area contributed by atoms with Gasteiger partial charge in [-0.3, -0.25) is 9.79 Å². The van der Waals surface area contributed by atoms with Gasteiger partial charge in [-0.2, -0.15) is 0 Å². The molecule has 0 saturated heterocycles. The smallest absolute Gasteiger partial charge is 0.311 e. The van der Waals surface area contributed by atoms with E-state index in [-0.39, 0.29) is 24.4 Å². The van der Waals surface area contributed by atoms with Gasteiger partial charge in [0.1, 0.15) is 17.5 Å². The van der Waals surface area contributed by atoms with Gasteiger partial charge >= 0.3 is 5.97 Å². The van der Waals surface area contributed by atoms with E-state index in [1.807, 2.05) is 26.8 Å². The highest BCUT2D eigenvalue weighted by Crippen LogP contribution is 2.29. The second-order valence-corrected chi connectivity index (χ2v) is 7.90. The third-order valence-corrected chi connectivity index (χ3v) is 4.84. The molecule has 1 atom stereocenters. The van der Waals surface area contributed by atoms with Crippen LogP contribution in [0, 0.1) is 11.2 Å². The van der Waals surface area contributed by atoms with Crippen molar-refractivity contribution in [1.82, 2.24) is 4.98 Å². The molecule has 0 unspecified atom stereocenters. The highest BCUT2D eigenvalue weighted by atomic mass is 32.2. The lowest BCUT2D eigenvalue weighted by Crippen LogP contribution is -2.26. The number of carbonyl (C=O) groups is 1. The average molecular weight is 349 g/mol. The van der Waals surface area contributed by atoms with E-state index in [0.29, 0.717) is 16.6 Å². The molecule has 1 aromatic carbocycles. The number of nitrogens with zero attached hydrogens (tertiary/aromatic N) is 1. The Kier molecular flexibility index (Phi) is 4.29. The van der Waals surface area contributed by atoms with Crippen molar-refractivity contribution < 1.29 is 13.9 Å². The number of aromatic nitrogens is 1. The number of benzene rings is 1. The molecule has 7 heteroatoms. The summed E-state index contributed by atoms with van der Waals surface area (Å²) >= 11 is 1.58. The number of nitrogen functional groups attached to an aromatic ring is 1. The number of H-pyrrole nitrogens is 1. The molecule has 0 aliphatic carbocycles. The Hall–Kier alpha value is -2.02. The van der Waals surface area contributed by atoms with Gasteiger partial charge in [-0.1, -0.05) is 0 Å².